The summed E-state index contributed by atoms with van der Waals surface area (Å²) in [7, 11) is 0. The number of benzene rings is 2. The number of nitrogens with two attached hydrogens (primary N) is 1. The van der Waals surface area contributed by atoms with Crippen LogP contribution in [0.2, 0.25) is 0 Å². The smallest absolute Gasteiger partial charge is 0.257 e. The first-order chi connectivity index (χ1) is 10.0. The predicted molar refractivity (Wildman–Crippen MR) is 82.4 cm³/mol. The highest BCUT2D eigenvalue weighted by atomic mass is 19.1. The number of hydrogen-bond donors (Lipinski definition) is 1. The Balaban J connectivity index is 2.20. The van der Waals surface area contributed by atoms with Gasteiger partial charge in [0, 0.05) is 18.8 Å². The molecule has 0 fully saturated rings. The summed E-state index contributed by atoms with van der Waals surface area (Å²) in [4.78, 5) is 14.1. The van der Waals surface area contributed by atoms with Gasteiger partial charge in [-0.3, -0.25) is 4.79 Å². The van der Waals surface area contributed by atoms with E-state index in [1.807, 2.05) is 19.1 Å². The quantitative estimate of drug-likeness (QED) is 0.876. The minimum atomic E-state index is -0.476. The van der Waals surface area contributed by atoms with Crippen molar-refractivity contribution < 1.29 is 9.18 Å². The highest BCUT2D eigenvalue weighted by Gasteiger charge is 2.18. The summed E-state index contributed by atoms with van der Waals surface area (Å²) in [5.74, 6) is -0.775. The van der Waals surface area contributed by atoms with Crippen molar-refractivity contribution in [2.45, 2.75) is 20.4 Å². The molecule has 2 rings (SSSR count). The second kappa shape index (κ2) is 6.39. The van der Waals surface area contributed by atoms with Crippen LogP contribution < -0.4 is 5.73 Å². The van der Waals surface area contributed by atoms with Gasteiger partial charge in [0.2, 0.25) is 0 Å². The first-order valence-corrected chi connectivity index (χ1v) is 6.91. The Hall–Kier alpha value is -2.36. The molecule has 0 heterocycles. The van der Waals surface area contributed by atoms with Crippen molar-refractivity contribution in [1.29, 1.82) is 0 Å². The van der Waals surface area contributed by atoms with Crippen molar-refractivity contribution in [2.75, 3.05) is 12.3 Å². The second-order valence-electron chi connectivity index (χ2n) is 5.04. The van der Waals surface area contributed by atoms with E-state index in [4.69, 9.17) is 5.73 Å². The van der Waals surface area contributed by atoms with Crippen LogP contribution in [0.25, 0.3) is 0 Å². The fraction of sp³-hybridized carbons (Fsp3) is 0.235. The number of amides is 1. The van der Waals surface area contributed by atoms with E-state index in [1.54, 1.807) is 36.1 Å². The summed E-state index contributed by atoms with van der Waals surface area (Å²) in [6, 6.07) is 12.0. The average Bonchev–Trinajstić information content (AvgIpc) is 2.46. The molecule has 0 atom stereocenters. The summed E-state index contributed by atoms with van der Waals surface area (Å²) >= 11 is 0. The standard InChI is InChI=1S/C17H19FN2O/c1-3-20(11-13-5-7-14(19)8-6-13)17(21)15-9-4-12(2)10-16(15)18/h4-10H,3,11,19H2,1-2H3. The van der Waals surface area contributed by atoms with Gasteiger partial charge in [-0.2, -0.15) is 0 Å². The Labute approximate surface area is 124 Å². The monoisotopic (exact) mass is 286 g/mol. The van der Waals surface area contributed by atoms with E-state index in [1.165, 1.54) is 6.07 Å². The van der Waals surface area contributed by atoms with E-state index in [2.05, 4.69) is 0 Å². The number of hydrogen-bond acceptors (Lipinski definition) is 2. The van der Waals surface area contributed by atoms with Crippen molar-refractivity contribution in [2.24, 2.45) is 0 Å². The minimum absolute atomic E-state index is 0.109. The van der Waals surface area contributed by atoms with Crippen LogP contribution in [0.5, 0.6) is 0 Å². The van der Waals surface area contributed by atoms with E-state index >= 15 is 0 Å². The highest BCUT2D eigenvalue weighted by molar-refractivity contribution is 5.94. The van der Waals surface area contributed by atoms with Crippen LogP contribution in [-0.2, 0) is 6.54 Å². The van der Waals surface area contributed by atoms with Crippen LogP contribution in [0.4, 0.5) is 10.1 Å². The predicted octanol–water partition coefficient (Wildman–Crippen LogP) is 3.38. The molecule has 110 valence electrons. The van der Waals surface area contributed by atoms with Gasteiger partial charge in [-0.15, -0.1) is 0 Å². The minimum Gasteiger partial charge on any atom is -0.399 e. The summed E-state index contributed by atoms with van der Waals surface area (Å²) in [5, 5.41) is 0. The van der Waals surface area contributed by atoms with Gasteiger partial charge in [0.05, 0.1) is 5.56 Å². The number of nitrogen functional groups attached to an aromatic ring is 1. The SMILES string of the molecule is CCN(Cc1ccc(N)cc1)C(=O)c1ccc(C)cc1F. The molecule has 4 heteroatoms. The lowest BCUT2D eigenvalue weighted by atomic mass is 10.1. The van der Waals surface area contributed by atoms with Crippen LogP contribution >= 0.6 is 0 Å². The van der Waals surface area contributed by atoms with Crippen molar-refractivity contribution >= 4 is 11.6 Å². The van der Waals surface area contributed by atoms with Gasteiger partial charge >= 0.3 is 0 Å². The zero-order valence-corrected chi connectivity index (χ0v) is 12.3. The molecule has 0 aliphatic carbocycles. The van der Waals surface area contributed by atoms with Crippen molar-refractivity contribution in [3.05, 3.63) is 65.0 Å². The average molecular weight is 286 g/mol. The Morgan fingerprint density at radius 2 is 1.86 bits per heavy atom. The second-order valence-corrected chi connectivity index (χ2v) is 5.04. The van der Waals surface area contributed by atoms with Crippen LogP contribution in [0.1, 0.15) is 28.4 Å². The maximum Gasteiger partial charge on any atom is 0.257 e. The molecule has 2 aromatic rings. The summed E-state index contributed by atoms with van der Waals surface area (Å²) in [5.41, 5.74) is 8.19. The molecule has 0 saturated heterocycles. The Morgan fingerprint density at radius 1 is 1.19 bits per heavy atom. The maximum atomic E-state index is 13.9. The number of carbonyl (C=O) groups excluding carboxylic acids is 1. The number of halogens is 1. The molecular weight excluding hydrogens is 267 g/mol. The molecule has 1 amide bonds. The van der Waals surface area contributed by atoms with Crippen LogP contribution in [0.15, 0.2) is 42.5 Å². The number of anilines is 1. The van der Waals surface area contributed by atoms with E-state index in [-0.39, 0.29) is 11.5 Å². The molecule has 0 unspecified atom stereocenters. The van der Waals surface area contributed by atoms with Crippen LogP contribution in [0.3, 0.4) is 0 Å². The molecule has 0 aliphatic rings. The van der Waals surface area contributed by atoms with E-state index in [0.29, 0.717) is 18.8 Å². The lowest BCUT2D eigenvalue weighted by Gasteiger charge is -2.21. The van der Waals surface area contributed by atoms with Gasteiger partial charge in [0.25, 0.3) is 5.91 Å². The molecule has 2 N–H and O–H groups in total. The lowest BCUT2D eigenvalue weighted by molar-refractivity contribution is 0.0748. The van der Waals surface area contributed by atoms with Crippen molar-refractivity contribution in [3.63, 3.8) is 0 Å². The molecule has 0 spiro atoms. The lowest BCUT2D eigenvalue weighted by Crippen LogP contribution is -2.31. The highest BCUT2D eigenvalue weighted by Crippen LogP contribution is 2.15. The molecule has 21 heavy (non-hydrogen) atoms. The van der Waals surface area contributed by atoms with Gasteiger partial charge in [0.1, 0.15) is 5.82 Å². The molecule has 0 bridgehead atoms. The first-order valence-electron chi connectivity index (χ1n) is 6.91. The van der Waals surface area contributed by atoms with E-state index in [0.717, 1.165) is 11.1 Å². The Morgan fingerprint density at radius 3 is 2.43 bits per heavy atom. The molecule has 0 saturated carbocycles. The Kier molecular flexibility index (Phi) is 4.58. The number of rotatable bonds is 4. The topological polar surface area (TPSA) is 46.3 Å². The zero-order valence-electron chi connectivity index (χ0n) is 12.3. The van der Waals surface area contributed by atoms with Crippen molar-refractivity contribution in [1.82, 2.24) is 4.90 Å². The third-order valence-electron chi connectivity index (χ3n) is 3.38. The third kappa shape index (κ3) is 3.60. The molecule has 3 nitrogen and oxygen atoms in total. The first kappa shape index (κ1) is 15.0. The fourth-order valence-electron chi connectivity index (χ4n) is 2.13. The Bertz CT molecular complexity index is 638. The van der Waals surface area contributed by atoms with Gasteiger partial charge < -0.3 is 10.6 Å². The van der Waals surface area contributed by atoms with Gasteiger partial charge in [-0.25, -0.2) is 4.39 Å². The zero-order chi connectivity index (χ0) is 15.4. The van der Waals surface area contributed by atoms with E-state index in [9.17, 15) is 9.18 Å². The summed E-state index contributed by atoms with van der Waals surface area (Å²) < 4.78 is 13.9. The molecular formula is C17H19FN2O. The van der Waals surface area contributed by atoms with Gasteiger partial charge in [-0.1, -0.05) is 18.2 Å². The normalized spacial score (nSPS) is 10.4. The number of carbonyl (C=O) groups is 1. The molecule has 0 aromatic heterocycles. The summed E-state index contributed by atoms with van der Waals surface area (Å²) in [6.45, 7) is 4.62. The van der Waals surface area contributed by atoms with Crippen LogP contribution in [-0.4, -0.2) is 17.4 Å². The van der Waals surface area contributed by atoms with Crippen LogP contribution in [0, 0.1) is 12.7 Å². The molecule has 0 radical (unpaired) electrons. The van der Waals surface area contributed by atoms with Gasteiger partial charge in [-0.05, 0) is 49.2 Å². The number of aryl methyl sites for hydroxylation is 1. The molecule has 0 aliphatic heterocycles. The van der Waals surface area contributed by atoms with E-state index < -0.39 is 5.82 Å². The summed E-state index contributed by atoms with van der Waals surface area (Å²) in [6.07, 6.45) is 0. The maximum absolute atomic E-state index is 13.9. The van der Waals surface area contributed by atoms with Crippen molar-refractivity contribution in [3.8, 4) is 0 Å². The molecule has 2 aromatic carbocycles. The van der Waals surface area contributed by atoms with Gasteiger partial charge in [0.15, 0.2) is 0 Å². The largest absolute Gasteiger partial charge is 0.399 e. The number of nitrogens with zero attached hydrogens (tertiary/aromatic N) is 1. The fourth-order valence-corrected chi connectivity index (χ4v) is 2.13. The third-order valence-corrected chi connectivity index (χ3v) is 3.38.